The molecule has 1 N–H and O–H groups in total. The van der Waals surface area contributed by atoms with Gasteiger partial charge < -0.3 is 4.74 Å². The normalized spacial score (nSPS) is 29.6. The Balaban J connectivity index is 2.42. The highest BCUT2D eigenvalue weighted by molar-refractivity contribution is 6.21. The summed E-state index contributed by atoms with van der Waals surface area (Å²) in [5, 5.41) is -0.302. The maximum absolute atomic E-state index is 11.8. The molecule has 0 aromatic carbocycles. The Morgan fingerprint density at radius 3 is 2.53 bits per heavy atom. The molecule has 3 atom stereocenters. The van der Waals surface area contributed by atoms with Gasteiger partial charge in [-0.15, -0.1) is 11.6 Å². The van der Waals surface area contributed by atoms with Crippen LogP contribution in [0.25, 0.3) is 0 Å². The van der Waals surface area contributed by atoms with Crippen molar-refractivity contribution in [2.24, 2.45) is 5.92 Å². The Bertz CT molecular complexity index is 561. The van der Waals surface area contributed by atoms with E-state index in [-0.39, 0.29) is 16.9 Å². The maximum Gasteiger partial charge on any atom is 0.330 e. The topological polar surface area (TPSA) is 64.1 Å². The van der Waals surface area contributed by atoms with Gasteiger partial charge in [0.2, 0.25) is 0 Å². The fourth-order valence-electron chi connectivity index (χ4n) is 2.85. The van der Waals surface area contributed by atoms with E-state index in [9.17, 15) is 9.59 Å². The maximum atomic E-state index is 11.8. The standard InChI is InChI=1S/C13H19ClN2O3/c1-4-13(5-2)8(3)10(14)11(19-13)16-7-6-9(17)15-12(16)18/h6-8,10-11H,4-5H2,1-3H3,(H,15,17,18)/t8-,10+,11+/m0/s1. The minimum Gasteiger partial charge on any atom is -0.350 e. The molecule has 1 aliphatic heterocycles. The van der Waals surface area contributed by atoms with Crippen LogP contribution in [0.4, 0.5) is 0 Å². The number of hydrogen-bond acceptors (Lipinski definition) is 3. The van der Waals surface area contributed by atoms with Crippen LogP contribution in [0.15, 0.2) is 21.9 Å². The zero-order valence-electron chi connectivity index (χ0n) is 11.4. The predicted octanol–water partition coefficient (Wildman–Crippen LogP) is 1.87. The summed E-state index contributed by atoms with van der Waals surface area (Å²) in [6.07, 6.45) is 2.57. The lowest BCUT2D eigenvalue weighted by molar-refractivity contribution is -0.0887. The molecule has 0 saturated carbocycles. The van der Waals surface area contributed by atoms with E-state index in [4.69, 9.17) is 16.3 Å². The van der Waals surface area contributed by atoms with Crippen molar-refractivity contribution in [3.05, 3.63) is 33.1 Å². The number of nitrogens with one attached hydrogen (secondary N) is 1. The van der Waals surface area contributed by atoms with Gasteiger partial charge in [-0.2, -0.15) is 0 Å². The van der Waals surface area contributed by atoms with Gasteiger partial charge >= 0.3 is 5.69 Å². The lowest BCUT2D eigenvalue weighted by Crippen LogP contribution is -2.35. The number of alkyl halides is 1. The van der Waals surface area contributed by atoms with Gasteiger partial charge in [0.15, 0.2) is 6.23 Å². The number of nitrogens with zero attached hydrogens (tertiary/aromatic N) is 1. The fourth-order valence-corrected chi connectivity index (χ4v) is 3.25. The monoisotopic (exact) mass is 286 g/mol. The van der Waals surface area contributed by atoms with Crippen molar-refractivity contribution >= 4 is 11.6 Å². The summed E-state index contributed by atoms with van der Waals surface area (Å²) in [4.78, 5) is 25.2. The van der Waals surface area contributed by atoms with Crippen molar-refractivity contribution in [3.8, 4) is 0 Å². The number of aromatic amines is 1. The SMILES string of the molecule is CCC1(CC)O[C@@H](n2ccc(=O)[nH]c2=O)[C@H](Cl)[C@@H]1C. The van der Waals surface area contributed by atoms with Crippen molar-refractivity contribution in [2.75, 3.05) is 0 Å². The van der Waals surface area contributed by atoms with Crippen LogP contribution < -0.4 is 11.2 Å². The van der Waals surface area contributed by atoms with Crippen LogP contribution in [0.1, 0.15) is 39.8 Å². The molecule has 1 aromatic rings. The van der Waals surface area contributed by atoms with Crippen LogP contribution in [-0.4, -0.2) is 20.5 Å². The summed E-state index contributed by atoms with van der Waals surface area (Å²) in [5.41, 5.74) is -1.22. The Hall–Kier alpha value is -1.07. The molecule has 106 valence electrons. The summed E-state index contributed by atoms with van der Waals surface area (Å²) < 4.78 is 7.45. The van der Waals surface area contributed by atoms with Gasteiger partial charge in [-0.1, -0.05) is 20.8 Å². The van der Waals surface area contributed by atoms with Crippen LogP contribution in [0.3, 0.4) is 0 Å². The quantitative estimate of drug-likeness (QED) is 0.863. The molecule has 19 heavy (non-hydrogen) atoms. The largest absolute Gasteiger partial charge is 0.350 e. The van der Waals surface area contributed by atoms with Gasteiger partial charge in [0.1, 0.15) is 0 Å². The first-order valence-electron chi connectivity index (χ1n) is 6.58. The van der Waals surface area contributed by atoms with Gasteiger partial charge in [0.25, 0.3) is 5.56 Å². The van der Waals surface area contributed by atoms with Gasteiger partial charge in [-0.05, 0) is 12.8 Å². The molecule has 1 aromatic heterocycles. The molecular weight excluding hydrogens is 268 g/mol. The summed E-state index contributed by atoms with van der Waals surface area (Å²) in [5.74, 6) is 0.132. The van der Waals surface area contributed by atoms with E-state index in [0.29, 0.717) is 0 Å². The number of ether oxygens (including phenoxy) is 1. The van der Waals surface area contributed by atoms with E-state index in [1.165, 1.54) is 16.8 Å². The Morgan fingerprint density at radius 2 is 2.05 bits per heavy atom. The van der Waals surface area contributed by atoms with Gasteiger partial charge in [-0.3, -0.25) is 14.3 Å². The minimum absolute atomic E-state index is 0.132. The first kappa shape index (κ1) is 14.3. The summed E-state index contributed by atoms with van der Waals surface area (Å²) >= 11 is 6.44. The Labute approximate surface area is 116 Å². The van der Waals surface area contributed by atoms with Crippen molar-refractivity contribution in [1.82, 2.24) is 9.55 Å². The van der Waals surface area contributed by atoms with Crippen molar-refractivity contribution in [1.29, 1.82) is 0 Å². The third-order valence-corrected chi connectivity index (χ3v) is 4.85. The first-order chi connectivity index (χ1) is 8.95. The summed E-state index contributed by atoms with van der Waals surface area (Å²) in [6, 6.07) is 1.30. The van der Waals surface area contributed by atoms with Crippen LogP contribution in [0.2, 0.25) is 0 Å². The molecule has 0 spiro atoms. The fraction of sp³-hybridized carbons (Fsp3) is 0.692. The minimum atomic E-state index is -0.541. The second-order valence-corrected chi connectivity index (χ2v) is 5.53. The zero-order valence-corrected chi connectivity index (χ0v) is 12.1. The van der Waals surface area contributed by atoms with Crippen LogP contribution in [0, 0.1) is 5.92 Å². The van der Waals surface area contributed by atoms with E-state index < -0.39 is 17.5 Å². The lowest BCUT2D eigenvalue weighted by Gasteiger charge is -2.30. The molecule has 0 amide bonds. The van der Waals surface area contributed by atoms with Crippen LogP contribution >= 0.6 is 11.6 Å². The summed E-state index contributed by atoms with van der Waals surface area (Å²) in [7, 11) is 0. The third kappa shape index (κ3) is 2.25. The van der Waals surface area contributed by atoms with Gasteiger partial charge in [0, 0.05) is 18.2 Å². The molecule has 0 bridgehead atoms. The van der Waals surface area contributed by atoms with E-state index in [2.05, 4.69) is 18.8 Å². The first-order valence-corrected chi connectivity index (χ1v) is 7.02. The van der Waals surface area contributed by atoms with Crippen molar-refractivity contribution in [3.63, 3.8) is 0 Å². The highest BCUT2D eigenvalue weighted by Crippen LogP contribution is 2.47. The molecule has 0 unspecified atom stereocenters. The smallest absolute Gasteiger partial charge is 0.330 e. The number of aromatic nitrogens is 2. The molecule has 6 heteroatoms. The number of halogens is 1. The average Bonchev–Trinajstić information content (AvgIpc) is 2.64. The Morgan fingerprint density at radius 1 is 1.42 bits per heavy atom. The zero-order chi connectivity index (χ0) is 14.2. The van der Waals surface area contributed by atoms with Crippen molar-refractivity contribution < 1.29 is 4.74 Å². The van der Waals surface area contributed by atoms with E-state index >= 15 is 0 Å². The predicted molar refractivity (Wildman–Crippen MR) is 73.6 cm³/mol. The van der Waals surface area contributed by atoms with Crippen molar-refractivity contribution in [2.45, 2.75) is 50.8 Å². The summed E-state index contributed by atoms with van der Waals surface area (Å²) in [6.45, 7) is 6.16. The molecular formula is C13H19ClN2O3. The van der Waals surface area contributed by atoms with E-state index in [1.54, 1.807) is 0 Å². The molecule has 1 aliphatic rings. The molecule has 5 nitrogen and oxygen atoms in total. The molecule has 1 saturated heterocycles. The molecule has 2 heterocycles. The average molecular weight is 287 g/mol. The van der Waals surface area contributed by atoms with E-state index in [0.717, 1.165) is 12.8 Å². The van der Waals surface area contributed by atoms with Gasteiger partial charge in [0.05, 0.1) is 11.0 Å². The lowest BCUT2D eigenvalue weighted by atomic mass is 9.84. The molecule has 1 fully saturated rings. The molecule has 0 aliphatic carbocycles. The second kappa shape index (κ2) is 5.13. The second-order valence-electron chi connectivity index (χ2n) is 5.03. The number of hydrogen-bond donors (Lipinski definition) is 1. The molecule has 2 rings (SSSR count). The van der Waals surface area contributed by atoms with Crippen LogP contribution in [-0.2, 0) is 4.74 Å². The third-order valence-electron chi connectivity index (χ3n) is 4.26. The highest BCUT2D eigenvalue weighted by Gasteiger charge is 2.50. The van der Waals surface area contributed by atoms with E-state index in [1.807, 2.05) is 6.92 Å². The highest BCUT2D eigenvalue weighted by atomic mass is 35.5. The Kier molecular flexibility index (Phi) is 3.87. The number of H-pyrrole nitrogens is 1. The van der Waals surface area contributed by atoms with Gasteiger partial charge in [-0.25, -0.2) is 4.79 Å². The molecule has 0 radical (unpaired) electrons. The number of rotatable bonds is 3. The van der Waals surface area contributed by atoms with Crippen LogP contribution in [0.5, 0.6) is 0 Å².